The maximum atomic E-state index is 11.5. The van der Waals surface area contributed by atoms with E-state index in [4.69, 9.17) is 5.11 Å². The van der Waals surface area contributed by atoms with E-state index in [9.17, 15) is 4.79 Å². The summed E-state index contributed by atoms with van der Waals surface area (Å²) in [6.07, 6.45) is 1.86. The van der Waals surface area contributed by atoms with E-state index in [0.29, 0.717) is 12.4 Å². The fraction of sp³-hybridized carbons (Fsp3) is 0.778. The first-order chi connectivity index (χ1) is 7.24. The fourth-order valence-corrected chi connectivity index (χ4v) is 1.72. The molecule has 3 N–H and O–H groups in total. The number of hydrogen-bond acceptors (Lipinski definition) is 4. The molecule has 0 aliphatic rings. The first-order valence-electron chi connectivity index (χ1n) is 5.15. The number of aliphatic hydroxyl groups is 1. The zero-order valence-electron chi connectivity index (χ0n) is 9.16. The van der Waals surface area contributed by atoms with E-state index in [0.717, 1.165) is 12.8 Å². The molecule has 1 atom stereocenters. The Hall–Kier alpha value is -1.14. The van der Waals surface area contributed by atoms with Crippen molar-refractivity contribution in [3.63, 3.8) is 0 Å². The van der Waals surface area contributed by atoms with Crippen molar-refractivity contribution in [1.29, 1.82) is 0 Å². The highest BCUT2D eigenvalue weighted by Crippen LogP contribution is 2.11. The van der Waals surface area contributed by atoms with Gasteiger partial charge in [0.1, 0.15) is 6.61 Å². The standard InChI is InChI=1S/C9H18N4O2/c1-3-4-7(5-10-2)13-8(6-14)11-12-9(13)15/h7,10,14H,3-6H2,1-2H3,(H,12,15). The van der Waals surface area contributed by atoms with Gasteiger partial charge in [-0.25, -0.2) is 9.89 Å². The van der Waals surface area contributed by atoms with Gasteiger partial charge in [0.2, 0.25) is 0 Å². The lowest BCUT2D eigenvalue weighted by Crippen LogP contribution is -2.30. The van der Waals surface area contributed by atoms with E-state index in [1.54, 1.807) is 0 Å². The van der Waals surface area contributed by atoms with Crippen molar-refractivity contribution in [2.24, 2.45) is 0 Å². The number of aliphatic hydroxyl groups excluding tert-OH is 1. The lowest BCUT2D eigenvalue weighted by Gasteiger charge is -2.17. The molecule has 1 aromatic rings. The summed E-state index contributed by atoms with van der Waals surface area (Å²) in [7, 11) is 1.84. The number of likely N-dealkylation sites (N-methyl/N-ethyl adjacent to an activating group) is 1. The molecule has 0 saturated carbocycles. The third kappa shape index (κ3) is 2.66. The van der Waals surface area contributed by atoms with Gasteiger partial charge in [-0.15, -0.1) is 0 Å². The maximum Gasteiger partial charge on any atom is 0.343 e. The van der Waals surface area contributed by atoms with Crippen LogP contribution in [-0.4, -0.2) is 33.5 Å². The SMILES string of the molecule is CCCC(CNC)n1c(CO)n[nH]c1=O. The molecule has 1 unspecified atom stereocenters. The molecule has 0 fully saturated rings. The van der Waals surface area contributed by atoms with Crippen molar-refractivity contribution in [3.05, 3.63) is 16.3 Å². The Morgan fingerprint density at radius 3 is 2.93 bits per heavy atom. The largest absolute Gasteiger partial charge is 0.388 e. The van der Waals surface area contributed by atoms with Crippen LogP contribution in [0.15, 0.2) is 4.79 Å². The zero-order valence-corrected chi connectivity index (χ0v) is 9.16. The molecule has 0 amide bonds. The van der Waals surface area contributed by atoms with Crippen LogP contribution in [0.2, 0.25) is 0 Å². The van der Waals surface area contributed by atoms with Crippen LogP contribution in [0, 0.1) is 0 Å². The van der Waals surface area contributed by atoms with Gasteiger partial charge in [0, 0.05) is 6.54 Å². The molecule has 0 saturated heterocycles. The van der Waals surface area contributed by atoms with Crippen molar-refractivity contribution in [3.8, 4) is 0 Å². The molecule has 86 valence electrons. The van der Waals surface area contributed by atoms with E-state index < -0.39 is 0 Å². The molecule has 1 rings (SSSR count). The van der Waals surface area contributed by atoms with Crippen molar-refractivity contribution >= 4 is 0 Å². The number of nitrogens with one attached hydrogen (secondary N) is 2. The first kappa shape index (κ1) is 11.9. The van der Waals surface area contributed by atoms with Crippen molar-refractivity contribution < 1.29 is 5.11 Å². The number of nitrogens with zero attached hydrogens (tertiary/aromatic N) is 2. The Bertz CT molecular complexity index is 338. The normalized spacial score (nSPS) is 13.0. The second-order valence-electron chi connectivity index (χ2n) is 3.47. The molecule has 1 aromatic heterocycles. The fourth-order valence-electron chi connectivity index (χ4n) is 1.72. The topological polar surface area (TPSA) is 82.9 Å². The summed E-state index contributed by atoms with van der Waals surface area (Å²) >= 11 is 0. The molecular formula is C9H18N4O2. The summed E-state index contributed by atoms with van der Waals surface area (Å²) < 4.78 is 1.53. The van der Waals surface area contributed by atoms with E-state index in [2.05, 4.69) is 22.4 Å². The van der Waals surface area contributed by atoms with E-state index in [-0.39, 0.29) is 18.3 Å². The van der Waals surface area contributed by atoms with Gasteiger partial charge >= 0.3 is 5.69 Å². The van der Waals surface area contributed by atoms with Gasteiger partial charge in [0.25, 0.3) is 0 Å². The zero-order chi connectivity index (χ0) is 11.3. The van der Waals surface area contributed by atoms with Crippen LogP contribution in [0.3, 0.4) is 0 Å². The Kier molecular flexibility index (Phi) is 4.51. The highest BCUT2D eigenvalue weighted by molar-refractivity contribution is 4.88. The highest BCUT2D eigenvalue weighted by atomic mass is 16.3. The van der Waals surface area contributed by atoms with Gasteiger partial charge < -0.3 is 10.4 Å². The molecule has 0 aliphatic carbocycles. The predicted octanol–water partition coefficient (Wildman–Crippen LogP) is -0.376. The summed E-state index contributed by atoms with van der Waals surface area (Å²) in [4.78, 5) is 11.5. The molecule has 0 aliphatic heterocycles. The maximum absolute atomic E-state index is 11.5. The molecule has 1 heterocycles. The summed E-state index contributed by atoms with van der Waals surface area (Å²) in [6, 6.07) is 0.0494. The minimum atomic E-state index is -0.257. The molecule has 0 spiro atoms. The van der Waals surface area contributed by atoms with Crippen LogP contribution < -0.4 is 11.0 Å². The Morgan fingerprint density at radius 2 is 2.40 bits per heavy atom. The minimum absolute atomic E-state index is 0.0494. The van der Waals surface area contributed by atoms with Gasteiger partial charge in [-0.1, -0.05) is 13.3 Å². The van der Waals surface area contributed by atoms with Crippen LogP contribution in [-0.2, 0) is 6.61 Å². The first-order valence-corrected chi connectivity index (χ1v) is 5.15. The third-order valence-electron chi connectivity index (χ3n) is 2.35. The van der Waals surface area contributed by atoms with Crippen LogP contribution in [0.4, 0.5) is 0 Å². The smallest absolute Gasteiger partial charge is 0.343 e. The molecular weight excluding hydrogens is 196 g/mol. The molecule has 6 heteroatoms. The van der Waals surface area contributed by atoms with E-state index in [1.807, 2.05) is 7.05 Å². The van der Waals surface area contributed by atoms with E-state index in [1.165, 1.54) is 4.57 Å². The minimum Gasteiger partial charge on any atom is -0.388 e. The van der Waals surface area contributed by atoms with Gasteiger partial charge in [-0.2, -0.15) is 5.10 Å². The number of aromatic amines is 1. The van der Waals surface area contributed by atoms with Crippen molar-refractivity contribution in [2.75, 3.05) is 13.6 Å². The van der Waals surface area contributed by atoms with Crippen molar-refractivity contribution in [1.82, 2.24) is 20.1 Å². The van der Waals surface area contributed by atoms with Crippen molar-refractivity contribution in [2.45, 2.75) is 32.4 Å². The molecule has 0 aromatic carbocycles. The van der Waals surface area contributed by atoms with Gasteiger partial charge in [0.15, 0.2) is 5.82 Å². The highest BCUT2D eigenvalue weighted by Gasteiger charge is 2.16. The number of H-pyrrole nitrogens is 1. The van der Waals surface area contributed by atoms with E-state index >= 15 is 0 Å². The van der Waals surface area contributed by atoms with Gasteiger partial charge in [0.05, 0.1) is 6.04 Å². The summed E-state index contributed by atoms with van der Waals surface area (Å²) in [5.41, 5.74) is -0.257. The van der Waals surface area contributed by atoms with Gasteiger partial charge in [-0.05, 0) is 13.5 Å². The van der Waals surface area contributed by atoms with Crippen LogP contribution in [0.1, 0.15) is 31.6 Å². The second-order valence-corrected chi connectivity index (χ2v) is 3.47. The molecule has 0 bridgehead atoms. The van der Waals surface area contributed by atoms with Crippen LogP contribution in [0.25, 0.3) is 0 Å². The second kappa shape index (κ2) is 5.67. The Morgan fingerprint density at radius 1 is 1.67 bits per heavy atom. The quantitative estimate of drug-likeness (QED) is 0.603. The molecule has 0 radical (unpaired) electrons. The number of rotatable bonds is 6. The monoisotopic (exact) mass is 214 g/mol. The summed E-state index contributed by atoms with van der Waals surface area (Å²) in [5, 5.41) is 18.2. The Labute approximate surface area is 88.3 Å². The molecule has 6 nitrogen and oxygen atoms in total. The predicted molar refractivity (Wildman–Crippen MR) is 56.6 cm³/mol. The van der Waals surface area contributed by atoms with Gasteiger partial charge in [-0.3, -0.25) is 4.57 Å². The lowest BCUT2D eigenvalue weighted by atomic mass is 10.1. The third-order valence-corrected chi connectivity index (χ3v) is 2.35. The van der Waals surface area contributed by atoms with Crippen LogP contribution in [0.5, 0.6) is 0 Å². The average Bonchev–Trinajstić information content (AvgIpc) is 2.59. The van der Waals surface area contributed by atoms with Crippen LogP contribution >= 0.6 is 0 Å². The molecule has 15 heavy (non-hydrogen) atoms. The average molecular weight is 214 g/mol. The Balaban J connectivity index is 2.97. The summed E-state index contributed by atoms with van der Waals surface area (Å²) in [6.45, 7) is 2.54. The number of hydrogen-bond donors (Lipinski definition) is 3. The summed E-state index contributed by atoms with van der Waals surface area (Å²) in [5.74, 6) is 0.397. The number of aromatic nitrogens is 3. The lowest BCUT2D eigenvalue weighted by molar-refractivity contribution is 0.256.